The number of nitriles is 1. The Morgan fingerprint density at radius 1 is 1.06 bits per heavy atom. The molecule has 2 aromatic carbocycles. The summed E-state index contributed by atoms with van der Waals surface area (Å²) < 4.78 is 5.61. The second-order valence-corrected chi connectivity index (χ2v) is 3.48. The second-order valence-electron chi connectivity index (χ2n) is 3.48. The van der Waals surface area contributed by atoms with Crippen molar-refractivity contribution in [1.29, 1.82) is 5.26 Å². The van der Waals surface area contributed by atoms with Gasteiger partial charge in [-0.1, -0.05) is 30.3 Å². The van der Waals surface area contributed by atoms with Crippen molar-refractivity contribution in [1.82, 2.24) is 0 Å². The largest absolute Gasteiger partial charge is 0.456 e. The van der Waals surface area contributed by atoms with Crippen molar-refractivity contribution in [3.8, 4) is 17.6 Å². The molecule has 2 rings (SSSR count). The van der Waals surface area contributed by atoms with Gasteiger partial charge in [-0.15, -0.1) is 0 Å². The van der Waals surface area contributed by atoms with E-state index in [1.54, 1.807) is 18.2 Å². The topological polar surface area (TPSA) is 53.2 Å². The van der Waals surface area contributed by atoms with Gasteiger partial charge in [-0.05, 0) is 23.8 Å². The molecule has 3 heteroatoms. The van der Waals surface area contributed by atoms with Gasteiger partial charge < -0.3 is 9.84 Å². The smallest absolute Gasteiger partial charge is 0.145 e. The van der Waals surface area contributed by atoms with Crippen LogP contribution >= 0.6 is 0 Å². The lowest BCUT2D eigenvalue weighted by atomic mass is 10.1. The maximum atomic E-state index is 9.13. The number of ether oxygens (including phenoxy) is 1. The first-order valence-corrected chi connectivity index (χ1v) is 5.21. The highest BCUT2D eigenvalue weighted by atomic mass is 16.5. The molecule has 2 aromatic rings. The zero-order valence-electron chi connectivity index (χ0n) is 9.13. The van der Waals surface area contributed by atoms with Gasteiger partial charge in [0.15, 0.2) is 0 Å². The van der Waals surface area contributed by atoms with E-state index in [9.17, 15) is 0 Å². The summed E-state index contributed by atoms with van der Waals surface area (Å²) in [6, 6.07) is 16.5. The molecule has 0 spiro atoms. The van der Waals surface area contributed by atoms with E-state index in [2.05, 4.69) is 6.07 Å². The van der Waals surface area contributed by atoms with Gasteiger partial charge in [-0.2, -0.15) is 5.26 Å². The van der Waals surface area contributed by atoms with Crippen LogP contribution in [-0.2, 0) is 6.61 Å². The first-order chi connectivity index (χ1) is 8.35. The SMILES string of the molecule is N#Cc1c(CO)cccc1Oc1ccccc1. The predicted molar refractivity (Wildman–Crippen MR) is 63.6 cm³/mol. The predicted octanol–water partition coefficient (Wildman–Crippen LogP) is 2.84. The first-order valence-electron chi connectivity index (χ1n) is 5.21. The number of hydrogen-bond donors (Lipinski definition) is 1. The van der Waals surface area contributed by atoms with Crippen molar-refractivity contribution in [2.45, 2.75) is 6.61 Å². The molecule has 1 N–H and O–H groups in total. The van der Waals surface area contributed by atoms with Crippen LogP contribution in [-0.4, -0.2) is 5.11 Å². The quantitative estimate of drug-likeness (QED) is 0.873. The third kappa shape index (κ3) is 2.44. The number of benzene rings is 2. The van der Waals surface area contributed by atoms with E-state index >= 15 is 0 Å². The molecule has 0 aliphatic rings. The van der Waals surface area contributed by atoms with E-state index < -0.39 is 0 Å². The lowest BCUT2D eigenvalue weighted by molar-refractivity contribution is 0.281. The van der Waals surface area contributed by atoms with E-state index in [-0.39, 0.29) is 6.61 Å². The summed E-state index contributed by atoms with van der Waals surface area (Å²) in [7, 11) is 0. The molecule has 0 fully saturated rings. The van der Waals surface area contributed by atoms with E-state index in [1.165, 1.54) is 0 Å². The van der Waals surface area contributed by atoms with E-state index in [0.717, 1.165) is 0 Å². The highest BCUT2D eigenvalue weighted by Gasteiger charge is 2.08. The van der Waals surface area contributed by atoms with E-state index in [0.29, 0.717) is 22.6 Å². The molecule has 0 aliphatic heterocycles. The zero-order valence-corrected chi connectivity index (χ0v) is 9.13. The number of aliphatic hydroxyl groups excluding tert-OH is 1. The lowest BCUT2D eigenvalue weighted by Crippen LogP contribution is -1.94. The number of rotatable bonds is 3. The molecule has 0 saturated carbocycles. The molecular formula is C14H11NO2. The molecule has 0 radical (unpaired) electrons. The molecular weight excluding hydrogens is 214 g/mol. The summed E-state index contributed by atoms with van der Waals surface area (Å²) in [5.41, 5.74) is 0.944. The molecule has 0 aromatic heterocycles. The fourth-order valence-corrected chi connectivity index (χ4v) is 1.54. The molecule has 0 aliphatic carbocycles. The van der Waals surface area contributed by atoms with Crippen LogP contribution in [0.3, 0.4) is 0 Å². The maximum Gasteiger partial charge on any atom is 0.145 e. The minimum atomic E-state index is -0.172. The van der Waals surface area contributed by atoms with Gasteiger partial charge >= 0.3 is 0 Å². The van der Waals surface area contributed by atoms with Crippen molar-refractivity contribution < 1.29 is 9.84 Å². The molecule has 0 amide bonds. The summed E-state index contributed by atoms with van der Waals surface area (Å²) in [6.45, 7) is -0.172. The van der Waals surface area contributed by atoms with Gasteiger partial charge in [0.25, 0.3) is 0 Å². The average molecular weight is 225 g/mol. The standard InChI is InChI=1S/C14H11NO2/c15-9-13-11(10-16)5-4-8-14(13)17-12-6-2-1-3-7-12/h1-8,16H,10H2. The van der Waals surface area contributed by atoms with Crippen LogP contribution in [0, 0.1) is 11.3 Å². The Morgan fingerprint density at radius 3 is 2.47 bits per heavy atom. The van der Waals surface area contributed by atoms with Gasteiger partial charge in [-0.3, -0.25) is 0 Å². The summed E-state index contributed by atoms with van der Waals surface area (Å²) in [4.78, 5) is 0. The first kappa shape index (κ1) is 11.2. The van der Waals surface area contributed by atoms with Crippen LogP contribution < -0.4 is 4.74 Å². The molecule has 0 saturated heterocycles. The van der Waals surface area contributed by atoms with Crippen LogP contribution in [0.4, 0.5) is 0 Å². The summed E-state index contributed by atoms with van der Waals surface area (Å²) >= 11 is 0. The van der Waals surface area contributed by atoms with Crippen molar-refractivity contribution in [2.75, 3.05) is 0 Å². The number of nitrogens with zero attached hydrogens (tertiary/aromatic N) is 1. The molecule has 0 heterocycles. The van der Waals surface area contributed by atoms with Crippen molar-refractivity contribution >= 4 is 0 Å². The van der Waals surface area contributed by atoms with Crippen LogP contribution in [0.25, 0.3) is 0 Å². The Bertz CT molecular complexity index is 544. The fourth-order valence-electron chi connectivity index (χ4n) is 1.54. The highest BCUT2D eigenvalue weighted by molar-refractivity contribution is 5.50. The van der Waals surface area contributed by atoms with E-state index in [1.807, 2.05) is 30.3 Å². The van der Waals surface area contributed by atoms with Crippen molar-refractivity contribution in [2.24, 2.45) is 0 Å². The summed E-state index contributed by atoms with van der Waals surface area (Å²) in [6.07, 6.45) is 0. The number of aliphatic hydroxyl groups is 1. The van der Waals surface area contributed by atoms with Crippen molar-refractivity contribution in [3.05, 3.63) is 59.7 Å². The maximum absolute atomic E-state index is 9.13. The lowest BCUT2D eigenvalue weighted by Gasteiger charge is -2.09. The van der Waals surface area contributed by atoms with Gasteiger partial charge in [0.1, 0.15) is 23.1 Å². The molecule has 84 valence electrons. The fraction of sp³-hybridized carbons (Fsp3) is 0.0714. The number of hydrogen-bond acceptors (Lipinski definition) is 3. The average Bonchev–Trinajstić information content (AvgIpc) is 2.39. The summed E-state index contributed by atoms with van der Waals surface area (Å²) in [5, 5.41) is 18.2. The van der Waals surface area contributed by atoms with Gasteiger partial charge in [0, 0.05) is 0 Å². The van der Waals surface area contributed by atoms with Gasteiger partial charge in [0.2, 0.25) is 0 Å². The Kier molecular flexibility index (Phi) is 3.39. The monoisotopic (exact) mass is 225 g/mol. The summed E-state index contributed by atoms with van der Waals surface area (Å²) in [5.74, 6) is 1.13. The second kappa shape index (κ2) is 5.15. The van der Waals surface area contributed by atoms with Crippen molar-refractivity contribution in [3.63, 3.8) is 0 Å². The normalized spacial score (nSPS) is 9.65. The molecule has 0 bridgehead atoms. The zero-order chi connectivity index (χ0) is 12.1. The molecule has 3 nitrogen and oxygen atoms in total. The minimum absolute atomic E-state index is 0.172. The Balaban J connectivity index is 2.37. The van der Waals surface area contributed by atoms with Crippen LogP contribution in [0.5, 0.6) is 11.5 Å². The Hall–Kier alpha value is -2.31. The van der Waals surface area contributed by atoms with Gasteiger partial charge in [0.05, 0.1) is 6.61 Å². The van der Waals surface area contributed by atoms with Crippen LogP contribution in [0.15, 0.2) is 48.5 Å². The van der Waals surface area contributed by atoms with Crippen LogP contribution in [0.2, 0.25) is 0 Å². The number of para-hydroxylation sites is 1. The minimum Gasteiger partial charge on any atom is -0.456 e. The highest BCUT2D eigenvalue weighted by Crippen LogP contribution is 2.26. The third-order valence-electron chi connectivity index (χ3n) is 2.37. The molecule has 17 heavy (non-hydrogen) atoms. The van der Waals surface area contributed by atoms with Gasteiger partial charge in [-0.25, -0.2) is 0 Å². The van der Waals surface area contributed by atoms with E-state index in [4.69, 9.17) is 15.1 Å². The molecule has 0 unspecified atom stereocenters. The Morgan fingerprint density at radius 2 is 1.82 bits per heavy atom. The molecule has 0 atom stereocenters. The van der Waals surface area contributed by atoms with Crippen LogP contribution in [0.1, 0.15) is 11.1 Å². The third-order valence-corrected chi connectivity index (χ3v) is 2.37. The Labute approximate surface area is 99.5 Å².